The first-order valence-corrected chi connectivity index (χ1v) is 12.0. The van der Waals surface area contributed by atoms with Crippen LogP contribution in [0.25, 0.3) is 16.6 Å². The van der Waals surface area contributed by atoms with Crippen molar-refractivity contribution in [2.45, 2.75) is 38.5 Å². The van der Waals surface area contributed by atoms with Crippen molar-refractivity contribution in [3.63, 3.8) is 0 Å². The molecule has 0 radical (unpaired) electrons. The van der Waals surface area contributed by atoms with E-state index in [-0.39, 0.29) is 6.09 Å². The first kappa shape index (κ1) is 21.8. The highest BCUT2D eigenvalue weighted by molar-refractivity contribution is 5.92. The molecule has 1 saturated heterocycles. The second-order valence-corrected chi connectivity index (χ2v) is 10.5. The van der Waals surface area contributed by atoms with Gasteiger partial charge in [0, 0.05) is 43.3 Å². The van der Waals surface area contributed by atoms with E-state index in [4.69, 9.17) is 4.74 Å². The summed E-state index contributed by atoms with van der Waals surface area (Å²) in [5, 5.41) is 4.36. The highest BCUT2D eigenvalue weighted by atomic mass is 16.6. The number of carbonyl (C=O) groups excluding carboxylic acids is 1. The van der Waals surface area contributed by atoms with Crippen LogP contribution < -0.4 is 10.2 Å². The molecule has 0 aromatic carbocycles. The highest BCUT2D eigenvalue weighted by Gasteiger charge is 2.49. The Morgan fingerprint density at radius 2 is 2.00 bits per heavy atom. The van der Waals surface area contributed by atoms with Gasteiger partial charge in [0.1, 0.15) is 34.9 Å². The molecule has 6 rings (SSSR count). The van der Waals surface area contributed by atoms with Crippen molar-refractivity contribution in [3.8, 4) is 0 Å². The second-order valence-electron chi connectivity index (χ2n) is 10.5. The third kappa shape index (κ3) is 3.68. The Morgan fingerprint density at radius 3 is 2.83 bits per heavy atom. The van der Waals surface area contributed by atoms with Crippen molar-refractivity contribution in [1.29, 1.82) is 0 Å². The standard InChI is InChI=1S/C25H30N8O2/c1-24(2,3)35-23(34)33-8-6-16-13-25(33)14-32(10-9-31(25)4)20-11-17(5-7-26-20)29-21-18-12-19(16)30-22(18)28-15-27-21/h5,7,11-13,15H,6,8-10,14H2,1-4H3,(H2,27,28,29,30). The summed E-state index contributed by atoms with van der Waals surface area (Å²) in [6, 6.07) is 6.06. The minimum atomic E-state index is -0.695. The summed E-state index contributed by atoms with van der Waals surface area (Å²) in [4.78, 5) is 37.0. The Balaban J connectivity index is 1.56. The molecule has 3 aliphatic rings. The van der Waals surface area contributed by atoms with Crippen molar-refractivity contribution in [2.24, 2.45) is 0 Å². The molecule has 3 aromatic rings. The lowest BCUT2D eigenvalue weighted by Gasteiger charge is -2.55. The number of anilines is 3. The number of amides is 1. The molecule has 1 atom stereocenters. The zero-order valence-corrected chi connectivity index (χ0v) is 20.5. The lowest BCUT2D eigenvalue weighted by Crippen LogP contribution is -2.70. The van der Waals surface area contributed by atoms with Crippen LogP contribution in [0.15, 0.2) is 36.8 Å². The van der Waals surface area contributed by atoms with Gasteiger partial charge in [0.05, 0.1) is 11.9 Å². The van der Waals surface area contributed by atoms with Gasteiger partial charge in [-0.1, -0.05) is 0 Å². The minimum Gasteiger partial charge on any atom is -0.444 e. The van der Waals surface area contributed by atoms with Gasteiger partial charge in [-0.15, -0.1) is 0 Å². The molecule has 3 aliphatic heterocycles. The van der Waals surface area contributed by atoms with Gasteiger partial charge < -0.3 is 19.9 Å². The van der Waals surface area contributed by atoms with Crippen molar-refractivity contribution in [2.75, 3.05) is 43.4 Å². The molecule has 1 fully saturated rings. The van der Waals surface area contributed by atoms with Gasteiger partial charge in [-0.25, -0.2) is 19.7 Å². The highest BCUT2D eigenvalue weighted by Crippen LogP contribution is 2.39. The van der Waals surface area contributed by atoms with E-state index in [1.54, 1.807) is 12.5 Å². The third-order valence-corrected chi connectivity index (χ3v) is 6.99. The van der Waals surface area contributed by atoms with Crippen LogP contribution >= 0.6 is 0 Å². The molecular formula is C25H30N8O2. The summed E-state index contributed by atoms with van der Waals surface area (Å²) in [7, 11) is 2.08. The number of piperazine rings is 1. The van der Waals surface area contributed by atoms with Gasteiger partial charge in [-0.3, -0.25) is 9.80 Å². The Hall–Kier alpha value is -3.66. The van der Waals surface area contributed by atoms with Gasteiger partial charge in [-0.2, -0.15) is 0 Å². The van der Waals surface area contributed by atoms with E-state index in [2.05, 4.69) is 54.2 Å². The molecule has 7 bridgehead atoms. The Bertz CT molecular complexity index is 1340. The van der Waals surface area contributed by atoms with E-state index < -0.39 is 11.3 Å². The molecule has 10 heteroatoms. The number of hydrogen-bond donors (Lipinski definition) is 2. The van der Waals surface area contributed by atoms with Crippen LogP contribution in [0.3, 0.4) is 0 Å². The number of aromatic amines is 1. The third-order valence-electron chi connectivity index (χ3n) is 6.99. The molecular weight excluding hydrogens is 444 g/mol. The molecule has 182 valence electrons. The topological polar surface area (TPSA) is 103 Å². The van der Waals surface area contributed by atoms with Crippen LogP contribution in [0.4, 0.5) is 22.1 Å². The summed E-state index contributed by atoms with van der Waals surface area (Å²) in [5.41, 5.74) is 2.52. The maximum atomic E-state index is 13.5. The predicted octanol–water partition coefficient (Wildman–Crippen LogP) is 3.58. The second kappa shape index (κ2) is 7.67. The lowest BCUT2D eigenvalue weighted by molar-refractivity contribution is -0.0414. The van der Waals surface area contributed by atoms with Crippen LogP contribution in [0.1, 0.15) is 32.9 Å². The van der Waals surface area contributed by atoms with Crippen LogP contribution in [0, 0.1) is 0 Å². The molecule has 1 unspecified atom stereocenters. The molecule has 1 amide bonds. The number of likely N-dealkylation sites (N-methyl/N-ethyl adjacent to an activating group) is 1. The number of H-pyrrole nitrogens is 1. The summed E-state index contributed by atoms with van der Waals surface area (Å²) in [6.45, 7) is 8.38. The SMILES string of the molecule is CN1CCN2CC13C=C(CCN3C(=O)OC(C)(C)C)c1cc3c(ncnc3[nH]1)Nc1ccnc2c1. The Kier molecular flexibility index (Phi) is 4.79. The predicted molar refractivity (Wildman–Crippen MR) is 135 cm³/mol. The fraction of sp³-hybridized carbons (Fsp3) is 0.440. The molecule has 10 nitrogen and oxygen atoms in total. The molecule has 0 aliphatic carbocycles. The van der Waals surface area contributed by atoms with Crippen molar-refractivity contribution < 1.29 is 9.53 Å². The summed E-state index contributed by atoms with van der Waals surface area (Å²) >= 11 is 0. The number of fused-ring (bicyclic) bond motifs is 6. The summed E-state index contributed by atoms with van der Waals surface area (Å²) in [5.74, 6) is 1.59. The number of pyridine rings is 1. The molecule has 3 aromatic heterocycles. The van der Waals surface area contributed by atoms with Gasteiger partial charge in [0.25, 0.3) is 0 Å². The molecule has 1 spiro atoms. The van der Waals surface area contributed by atoms with Crippen molar-refractivity contribution >= 4 is 40.0 Å². The average molecular weight is 475 g/mol. The van der Waals surface area contributed by atoms with E-state index in [0.29, 0.717) is 19.5 Å². The van der Waals surface area contributed by atoms with Crippen LogP contribution in [-0.2, 0) is 4.74 Å². The maximum absolute atomic E-state index is 13.5. The zero-order valence-electron chi connectivity index (χ0n) is 20.5. The largest absolute Gasteiger partial charge is 0.444 e. The first-order chi connectivity index (χ1) is 16.7. The number of ether oxygens (including phenoxy) is 1. The lowest BCUT2D eigenvalue weighted by atomic mass is 9.91. The Morgan fingerprint density at radius 1 is 1.14 bits per heavy atom. The monoisotopic (exact) mass is 474 g/mol. The van der Waals surface area contributed by atoms with E-state index in [1.807, 2.05) is 37.8 Å². The van der Waals surface area contributed by atoms with Crippen LogP contribution in [0.2, 0.25) is 0 Å². The van der Waals surface area contributed by atoms with Crippen LogP contribution in [0.5, 0.6) is 0 Å². The van der Waals surface area contributed by atoms with E-state index in [0.717, 1.165) is 52.7 Å². The van der Waals surface area contributed by atoms with Crippen molar-refractivity contribution in [3.05, 3.63) is 42.5 Å². The molecule has 35 heavy (non-hydrogen) atoms. The number of nitrogens with one attached hydrogen (secondary N) is 2. The van der Waals surface area contributed by atoms with Crippen molar-refractivity contribution in [1.82, 2.24) is 29.7 Å². The van der Waals surface area contributed by atoms with Gasteiger partial charge in [0.2, 0.25) is 0 Å². The maximum Gasteiger partial charge on any atom is 0.412 e. The average Bonchev–Trinajstić information content (AvgIpc) is 3.25. The fourth-order valence-corrected chi connectivity index (χ4v) is 5.24. The number of carbonyl (C=O) groups is 1. The first-order valence-electron chi connectivity index (χ1n) is 12.0. The van der Waals surface area contributed by atoms with E-state index >= 15 is 0 Å². The van der Waals surface area contributed by atoms with Crippen LogP contribution in [-0.4, -0.2) is 80.3 Å². The summed E-state index contributed by atoms with van der Waals surface area (Å²) < 4.78 is 5.87. The smallest absolute Gasteiger partial charge is 0.412 e. The Labute approximate surface area is 204 Å². The number of aromatic nitrogens is 4. The van der Waals surface area contributed by atoms with Gasteiger partial charge >= 0.3 is 6.09 Å². The number of nitrogens with zero attached hydrogens (tertiary/aromatic N) is 6. The van der Waals surface area contributed by atoms with E-state index in [9.17, 15) is 4.79 Å². The molecule has 0 saturated carbocycles. The number of hydrogen-bond acceptors (Lipinski definition) is 8. The number of rotatable bonds is 0. The van der Waals surface area contributed by atoms with Gasteiger partial charge in [0.15, 0.2) is 0 Å². The summed E-state index contributed by atoms with van der Waals surface area (Å²) in [6.07, 6.45) is 5.98. The quantitative estimate of drug-likeness (QED) is 0.510. The minimum absolute atomic E-state index is 0.306. The molecule has 2 N–H and O–H groups in total. The van der Waals surface area contributed by atoms with E-state index in [1.165, 1.54) is 0 Å². The molecule has 6 heterocycles. The fourth-order valence-electron chi connectivity index (χ4n) is 5.24. The normalized spacial score (nSPS) is 22.1. The van der Waals surface area contributed by atoms with Gasteiger partial charge in [-0.05, 0) is 58.0 Å². The zero-order chi connectivity index (χ0) is 24.4.